The summed E-state index contributed by atoms with van der Waals surface area (Å²) in [5.74, 6) is -0.222. The van der Waals surface area contributed by atoms with Gasteiger partial charge < -0.3 is 9.84 Å². The third kappa shape index (κ3) is 3.55. The lowest BCUT2D eigenvalue weighted by atomic mass is 10.2. The number of ether oxygens (including phenoxy) is 1. The molecule has 3 nitrogen and oxygen atoms in total. The molecule has 1 aromatic carbocycles. The molecular formula is C12H16O3Si. The molecule has 0 bridgehead atoms. The zero-order chi connectivity index (χ0) is 12.2. The quantitative estimate of drug-likeness (QED) is 0.800. The highest BCUT2D eigenvalue weighted by Gasteiger charge is 2.17. The van der Waals surface area contributed by atoms with Crippen molar-refractivity contribution in [2.45, 2.75) is 13.1 Å². The van der Waals surface area contributed by atoms with E-state index in [1.165, 1.54) is 0 Å². The Morgan fingerprint density at radius 1 is 1.44 bits per heavy atom. The molecule has 1 N–H and O–H groups in total. The van der Waals surface area contributed by atoms with E-state index in [4.69, 9.17) is 9.84 Å². The first kappa shape index (κ1) is 12.5. The van der Waals surface area contributed by atoms with Crippen LogP contribution in [0, 0.1) is 0 Å². The number of rotatable bonds is 5. The first-order valence-corrected chi connectivity index (χ1v) is 8.33. The van der Waals surface area contributed by atoms with E-state index in [2.05, 4.69) is 19.7 Å². The van der Waals surface area contributed by atoms with Crippen LogP contribution in [0.2, 0.25) is 13.1 Å². The van der Waals surface area contributed by atoms with Crippen molar-refractivity contribution < 1.29 is 14.6 Å². The van der Waals surface area contributed by atoms with Gasteiger partial charge in [-0.1, -0.05) is 18.8 Å². The molecule has 0 radical (unpaired) electrons. The van der Waals surface area contributed by atoms with Crippen LogP contribution >= 0.6 is 0 Å². The highest BCUT2D eigenvalue weighted by atomic mass is 28.3. The van der Waals surface area contributed by atoms with Crippen LogP contribution in [-0.2, 0) is 0 Å². The Morgan fingerprint density at radius 3 is 2.44 bits per heavy atom. The summed E-state index contributed by atoms with van der Waals surface area (Å²) in [5.41, 5.74) is 2.24. The van der Waals surface area contributed by atoms with Crippen LogP contribution in [0.15, 0.2) is 36.5 Å². The van der Waals surface area contributed by atoms with Crippen LogP contribution in [0.5, 0.6) is 5.75 Å². The summed E-state index contributed by atoms with van der Waals surface area (Å²) in [6.07, 6.45) is 0.656. The average molecular weight is 236 g/mol. The van der Waals surface area contributed by atoms with Crippen molar-refractivity contribution in [3.05, 3.63) is 42.1 Å². The lowest BCUT2D eigenvalue weighted by Gasteiger charge is -2.17. The number of carboxylic acids is 1. The van der Waals surface area contributed by atoms with Gasteiger partial charge in [-0.2, -0.15) is 0 Å². The molecule has 4 heteroatoms. The Labute approximate surface area is 96.4 Å². The predicted octanol–water partition coefficient (Wildman–Crippen LogP) is 2.74. The number of hydrogen-bond donors (Lipinski definition) is 1. The Hall–Kier alpha value is -1.55. The smallest absolute Gasteiger partial charge is 0.335 e. The standard InChI is InChI=1S/C12H16O3Si/c1-4-16(2,3)9-15-11-7-5-10(6-8-11)12(13)14/h4-8H,1,9H2,2-3H3,(H,13,14). The zero-order valence-electron chi connectivity index (χ0n) is 9.56. The summed E-state index contributed by atoms with van der Waals surface area (Å²) >= 11 is 0. The maximum Gasteiger partial charge on any atom is 0.335 e. The molecule has 0 fully saturated rings. The van der Waals surface area contributed by atoms with Crippen molar-refractivity contribution in [3.8, 4) is 5.75 Å². The van der Waals surface area contributed by atoms with Crippen LogP contribution in [0.3, 0.4) is 0 Å². The van der Waals surface area contributed by atoms with E-state index < -0.39 is 14.0 Å². The number of aromatic carboxylic acids is 1. The van der Waals surface area contributed by atoms with Crippen molar-refractivity contribution in [3.63, 3.8) is 0 Å². The van der Waals surface area contributed by atoms with Gasteiger partial charge in [0.1, 0.15) is 13.8 Å². The molecule has 0 amide bonds. The Morgan fingerprint density at radius 2 is 2.00 bits per heavy atom. The molecule has 1 aromatic rings. The molecule has 0 spiro atoms. The SMILES string of the molecule is C=C[Si](C)(C)COc1ccc(C(=O)O)cc1. The predicted molar refractivity (Wildman–Crippen MR) is 66.6 cm³/mol. The van der Waals surface area contributed by atoms with Gasteiger partial charge in [0, 0.05) is 0 Å². The Balaban J connectivity index is 2.63. The molecule has 0 aliphatic carbocycles. The summed E-state index contributed by atoms with van der Waals surface area (Å²) in [5, 5.41) is 8.73. The van der Waals surface area contributed by atoms with Gasteiger partial charge in [0.25, 0.3) is 0 Å². The third-order valence-electron chi connectivity index (χ3n) is 2.26. The molecule has 0 aromatic heterocycles. The van der Waals surface area contributed by atoms with Crippen molar-refractivity contribution in [2.75, 3.05) is 6.23 Å². The Kier molecular flexibility index (Phi) is 3.90. The van der Waals surface area contributed by atoms with Gasteiger partial charge in [0.2, 0.25) is 0 Å². The van der Waals surface area contributed by atoms with Crippen LogP contribution in [0.4, 0.5) is 0 Å². The fraction of sp³-hybridized carbons (Fsp3) is 0.250. The van der Waals surface area contributed by atoms with E-state index in [1.54, 1.807) is 24.3 Å². The first-order chi connectivity index (χ1) is 7.44. The van der Waals surface area contributed by atoms with Gasteiger partial charge in [0.15, 0.2) is 0 Å². The summed E-state index contributed by atoms with van der Waals surface area (Å²) in [6.45, 7) is 8.10. The van der Waals surface area contributed by atoms with Crippen molar-refractivity contribution >= 4 is 14.0 Å². The summed E-state index contributed by atoms with van der Waals surface area (Å²) in [6, 6.07) is 6.44. The van der Waals surface area contributed by atoms with E-state index in [0.29, 0.717) is 12.0 Å². The zero-order valence-corrected chi connectivity index (χ0v) is 10.6. The van der Waals surface area contributed by atoms with E-state index in [0.717, 1.165) is 0 Å². The van der Waals surface area contributed by atoms with Crippen molar-refractivity contribution in [1.82, 2.24) is 0 Å². The van der Waals surface area contributed by atoms with Crippen LogP contribution < -0.4 is 4.74 Å². The maximum atomic E-state index is 10.6. The molecule has 1 rings (SSSR count). The van der Waals surface area contributed by atoms with Crippen LogP contribution in [0.25, 0.3) is 0 Å². The van der Waals surface area contributed by atoms with Gasteiger partial charge in [-0.25, -0.2) is 4.79 Å². The van der Waals surface area contributed by atoms with E-state index in [-0.39, 0.29) is 5.56 Å². The lowest BCUT2D eigenvalue weighted by molar-refractivity contribution is 0.0697. The van der Waals surface area contributed by atoms with Gasteiger partial charge in [-0.3, -0.25) is 0 Å². The van der Waals surface area contributed by atoms with Crippen LogP contribution in [0.1, 0.15) is 10.4 Å². The molecule has 0 aliphatic rings. The van der Waals surface area contributed by atoms with Gasteiger partial charge in [-0.05, 0) is 24.3 Å². The Bertz CT molecular complexity index is 382. The molecule has 0 saturated carbocycles. The highest BCUT2D eigenvalue weighted by Crippen LogP contribution is 2.14. The second-order valence-corrected chi connectivity index (χ2v) is 8.98. The van der Waals surface area contributed by atoms with E-state index in [9.17, 15) is 4.79 Å². The molecule has 0 heterocycles. The van der Waals surface area contributed by atoms with Crippen molar-refractivity contribution in [1.29, 1.82) is 0 Å². The van der Waals surface area contributed by atoms with E-state index >= 15 is 0 Å². The lowest BCUT2D eigenvalue weighted by Crippen LogP contribution is -2.31. The summed E-state index contributed by atoms with van der Waals surface area (Å²) < 4.78 is 5.59. The monoisotopic (exact) mass is 236 g/mol. The minimum Gasteiger partial charge on any atom is -0.497 e. The maximum absolute atomic E-state index is 10.6. The molecule has 0 atom stereocenters. The third-order valence-corrected chi connectivity index (χ3v) is 4.26. The van der Waals surface area contributed by atoms with Crippen molar-refractivity contribution in [2.24, 2.45) is 0 Å². The van der Waals surface area contributed by atoms with Crippen LogP contribution in [-0.4, -0.2) is 25.4 Å². The molecule has 86 valence electrons. The number of benzene rings is 1. The minimum atomic E-state index is -1.47. The highest BCUT2D eigenvalue weighted by molar-refractivity contribution is 6.82. The topological polar surface area (TPSA) is 46.5 Å². The fourth-order valence-corrected chi connectivity index (χ4v) is 1.68. The largest absolute Gasteiger partial charge is 0.497 e. The van der Waals surface area contributed by atoms with E-state index in [1.807, 2.05) is 5.70 Å². The molecule has 0 saturated heterocycles. The summed E-state index contributed by atoms with van der Waals surface area (Å²) in [4.78, 5) is 10.6. The average Bonchev–Trinajstić information content (AvgIpc) is 2.27. The van der Waals surface area contributed by atoms with Gasteiger partial charge >= 0.3 is 5.97 Å². The molecule has 0 aliphatic heterocycles. The van der Waals surface area contributed by atoms with Gasteiger partial charge in [-0.15, -0.1) is 6.58 Å². The number of carbonyl (C=O) groups is 1. The molecular weight excluding hydrogens is 220 g/mol. The fourth-order valence-electron chi connectivity index (χ4n) is 1.02. The minimum absolute atomic E-state index is 0.271. The number of hydrogen-bond acceptors (Lipinski definition) is 2. The molecule has 16 heavy (non-hydrogen) atoms. The summed E-state index contributed by atoms with van der Waals surface area (Å²) in [7, 11) is -1.47. The molecule has 0 unspecified atom stereocenters. The first-order valence-electron chi connectivity index (χ1n) is 5.04. The van der Waals surface area contributed by atoms with Gasteiger partial charge in [0.05, 0.1) is 11.8 Å². The normalized spacial score (nSPS) is 10.9. The second-order valence-electron chi connectivity index (χ2n) is 4.31. The second kappa shape index (κ2) is 4.98. The number of carboxylic acid groups (broad SMARTS) is 1.